The van der Waals surface area contributed by atoms with Crippen molar-refractivity contribution in [1.82, 2.24) is 0 Å². The SMILES string of the molecule is OC1(c2cccc3c2OCCC3)CCc2c(F)cccc21. The highest BCUT2D eigenvalue weighted by molar-refractivity contribution is 5.53. The van der Waals surface area contributed by atoms with Crippen LogP contribution in [0.1, 0.15) is 35.1 Å². The molecule has 1 N–H and O–H groups in total. The van der Waals surface area contributed by atoms with Crippen molar-refractivity contribution in [3.05, 3.63) is 64.5 Å². The van der Waals surface area contributed by atoms with Gasteiger partial charge in [0, 0.05) is 5.56 Å². The van der Waals surface area contributed by atoms with E-state index < -0.39 is 5.60 Å². The number of benzene rings is 2. The van der Waals surface area contributed by atoms with E-state index in [4.69, 9.17) is 4.74 Å². The van der Waals surface area contributed by atoms with E-state index in [-0.39, 0.29) is 5.82 Å². The van der Waals surface area contributed by atoms with Gasteiger partial charge in [0.2, 0.25) is 0 Å². The van der Waals surface area contributed by atoms with Gasteiger partial charge in [-0.3, -0.25) is 0 Å². The molecule has 0 amide bonds. The molecule has 2 aromatic rings. The van der Waals surface area contributed by atoms with E-state index in [9.17, 15) is 9.50 Å². The number of ether oxygens (including phenoxy) is 1. The van der Waals surface area contributed by atoms with Crippen molar-refractivity contribution in [3.63, 3.8) is 0 Å². The zero-order valence-electron chi connectivity index (χ0n) is 11.7. The normalized spacial score (nSPS) is 23.3. The molecule has 0 fully saturated rings. The minimum atomic E-state index is -1.14. The molecule has 2 aromatic carbocycles. The molecule has 1 aliphatic heterocycles. The number of hydrogen-bond acceptors (Lipinski definition) is 2. The molecule has 3 heteroatoms. The van der Waals surface area contributed by atoms with Crippen LogP contribution < -0.4 is 4.74 Å². The summed E-state index contributed by atoms with van der Waals surface area (Å²) < 4.78 is 19.8. The van der Waals surface area contributed by atoms with Gasteiger partial charge in [0.05, 0.1) is 6.61 Å². The maximum absolute atomic E-state index is 13.9. The molecule has 21 heavy (non-hydrogen) atoms. The van der Waals surface area contributed by atoms with Gasteiger partial charge in [-0.15, -0.1) is 0 Å². The summed E-state index contributed by atoms with van der Waals surface area (Å²) in [7, 11) is 0. The second-order valence-corrected chi connectivity index (χ2v) is 5.87. The maximum atomic E-state index is 13.9. The predicted octanol–water partition coefficient (Wildman–Crippen LogP) is 3.33. The summed E-state index contributed by atoms with van der Waals surface area (Å²) in [6.07, 6.45) is 3.03. The third-order valence-corrected chi connectivity index (χ3v) is 4.68. The Morgan fingerprint density at radius 3 is 2.76 bits per heavy atom. The number of para-hydroxylation sites is 1. The van der Waals surface area contributed by atoms with Crippen LogP contribution in [0, 0.1) is 5.82 Å². The zero-order chi connectivity index (χ0) is 14.4. The van der Waals surface area contributed by atoms with Gasteiger partial charge in [-0.25, -0.2) is 4.39 Å². The summed E-state index contributed by atoms with van der Waals surface area (Å²) in [6.45, 7) is 0.677. The van der Waals surface area contributed by atoms with Gasteiger partial charge < -0.3 is 9.84 Å². The summed E-state index contributed by atoms with van der Waals surface area (Å²) in [6, 6.07) is 10.9. The second kappa shape index (κ2) is 4.57. The highest BCUT2D eigenvalue weighted by atomic mass is 19.1. The van der Waals surface area contributed by atoms with Crippen molar-refractivity contribution in [2.75, 3.05) is 6.61 Å². The van der Waals surface area contributed by atoms with Gasteiger partial charge in [-0.05, 0) is 48.4 Å². The first-order chi connectivity index (χ1) is 10.2. The maximum Gasteiger partial charge on any atom is 0.128 e. The van der Waals surface area contributed by atoms with Crippen LogP contribution in [0.2, 0.25) is 0 Å². The minimum Gasteiger partial charge on any atom is -0.493 e. The number of fused-ring (bicyclic) bond motifs is 2. The monoisotopic (exact) mass is 284 g/mol. The van der Waals surface area contributed by atoms with Crippen molar-refractivity contribution in [2.45, 2.75) is 31.3 Å². The Kier molecular flexibility index (Phi) is 2.79. The molecule has 2 nitrogen and oxygen atoms in total. The molecule has 0 saturated carbocycles. The first kappa shape index (κ1) is 12.8. The standard InChI is InChI=1S/C18H17FO2/c19-16-8-2-6-14-13(16)9-10-18(14,20)15-7-1-4-12-5-3-11-21-17(12)15/h1-2,4,6-8,20H,3,5,9-11H2. The van der Waals surface area contributed by atoms with Crippen LogP contribution >= 0.6 is 0 Å². The summed E-state index contributed by atoms with van der Waals surface area (Å²) >= 11 is 0. The molecule has 0 bridgehead atoms. The fourth-order valence-electron chi connectivity index (χ4n) is 3.64. The minimum absolute atomic E-state index is 0.228. The Bertz CT molecular complexity index is 710. The van der Waals surface area contributed by atoms with Gasteiger partial charge in [-0.2, -0.15) is 0 Å². The average molecular weight is 284 g/mol. The summed E-state index contributed by atoms with van der Waals surface area (Å²) in [5.41, 5.74) is 2.10. The van der Waals surface area contributed by atoms with E-state index in [1.165, 1.54) is 6.07 Å². The van der Waals surface area contributed by atoms with E-state index >= 15 is 0 Å². The van der Waals surface area contributed by atoms with Gasteiger partial charge in [0.15, 0.2) is 0 Å². The van der Waals surface area contributed by atoms with Crippen molar-refractivity contribution < 1.29 is 14.2 Å². The fraction of sp³-hybridized carbons (Fsp3) is 0.333. The first-order valence-corrected chi connectivity index (χ1v) is 7.45. The predicted molar refractivity (Wildman–Crippen MR) is 78.0 cm³/mol. The van der Waals surface area contributed by atoms with E-state index in [1.807, 2.05) is 24.3 Å². The van der Waals surface area contributed by atoms with Crippen molar-refractivity contribution in [2.24, 2.45) is 0 Å². The lowest BCUT2D eigenvalue weighted by atomic mass is 9.85. The smallest absolute Gasteiger partial charge is 0.128 e. The van der Waals surface area contributed by atoms with Crippen LogP contribution in [0.15, 0.2) is 36.4 Å². The van der Waals surface area contributed by atoms with E-state index in [2.05, 4.69) is 0 Å². The van der Waals surface area contributed by atoms with Crippen LogP contribution in [-0.4, -0.2) is 11.7 Å². The number of rotatable bonds is 1. The summed E-state index contributed by atoms with van der Waals surface area (Å²) in [4.78, 5) is 0. The molecule has 4 rings (SSSR count). The van der Waals surface area contributed by atoms with Gasteiger partial charge in [0.1, 0.15) is 17.2 Å². The van der Waals surface area contributed by atoms with Crippen LogP contribution in [0.25, 0.3) is 0 Å². The second-order valence-electron chi connectivity index (χ2n) is 5.87. The molecule has 0 radical (unpaired) electrons. The van der Waals surface area contributed by atoms with Crippen molar-refractivity contribution in [1.29, 1.82) is 0 Å². The van der Waals surface area contributed by atoms with Gasteiger partial charge >= 0.3 is 0 Å². The Morgan fingerprint density at radius 2 is 1.86 bits per heavy atom. The topological polar surface area (TPSA) is 29.5 Å². The van der Waals surface area contributed by atoms with Crippen LogP contribution in [0.4, 0.5) is 4.39 Å². The number of aryl methyl sites for hydroxylation is 1. The number of halogens is 1. The lowest BCUT2D eigenvalue weighted by Gasteiger charge is -2.30. The Morgan fingerprint density at radius 1 is 1.05 bits per heavy atom. The molecule has 1 atom stereocenters. The average Bonchev–Trinajstić information content (AvgIpc) is 2.87. The van der Waals surface area contributed by atoms with Crippen molar-refractivity contribution >= 4 is 0 Å². The van der Waals surface area contributed by atoms with Crippen molar-refractivity contribution in [3.8, 4) is 5.75 Å². The molecule has 1 heterocycles. The molecule has 108 valence electrons. The molecular weight excluding hydrogens is 267 g/mol. The lowest BCUT2D eigenvalue weighted by Crippen LogP contribution is -2.26. The molecule has 1 aliphatic carbocycles. The summed E-state index contributed by atoms with van der Waals surface area (Å²) in [5, 5.41) is 11.2. The quantitative estimate of drug-likeness (QED) is 0.870. The van der Waals surface area contributed by atoms with Crippen LogP contribution in [0.3, 0.4) is 0 Å². The van der Waals surface area contributed by atoms with Crippen LogP contribution in [-0.2, 0) is 18.4 Å². The largest absolute Gasteiger partial charge is 0.493 e. The Hall–Kier alpha value is -1.87. The third kappa shape index (κ3) is 1.80. The Balaban J connectivity index is 1.91. The fourth-order valence-corrected chi connectivity index (χ4v) is 3.64. The molecule has 2 aliphatic rings. The Labute approximate surface area is 123 Å². The molecule has 0 saturated heterocycles. The molecule has 0 aromatic heterocycles. The third-order valence-electron chi connectivity index (χ3n) is 4.68. The van der Waals surface area contributed by atoms with E-state index in [0.717, 1.165) is 29.7 Å². The molecule has 0 spiro atoms. The van der Waals surface area contributed by atoms with E-state index in [0.29, 0.717) is 30.6 Å². The first-order valence-electron chi connectivity index (χ1n) is 7.45. The van der Waals surface area contributed by atoms with Gasteiger partial charge in [-0.1, -0.05) is 30.3 Å². The molecular formula is C18H17FO2. The zero-order valence-corrected chi connectivity index (χ0v) is 11.7. The number of hydrogen-bond donors (Lipinski definition) is 1. The summed E-state index contributed by atoms with van der Waals surface area (Å²) in [5.74, 6) is 0.567. The highest BCUT2D eigenvalue weighted by Gasteiger charge is 2.42. The van der Waals surface area contributed by atoms with Crippen LogP contribution in [0.5, 0.6) is 5.75 Å². The highest BCUT2D eigenvalue weighted by Crippen LogP contribution is 2.47. The van der Waals surface area contributed by atoms with E-state index in [1.54, 1.807) is 6.07 Å². The lowest BCUT2D eigenvalue weighted by molar-refractivity contribution is 0.0781. The van der Waals surface area contributed by atoms with Gasteiger partial charge in [0.25, 0.3) is 0 Å². The number of aliphatic hydroxyl groups is 1. The molecule has 1 unspecified atom stereocenters.